The quantitative estimate of drug-likeness (QED) is 0.130. The topological polar surface area (TPSA) is 162 Å². The Balaban J connectivity index is 1.10. The van der Waals surface area contributed by atoms with Gasteiger partial charge >= 0.3 is 18.1 Å². The molecular weight excluding hydrogens is 787 g/mol. The average Bonchev–Trinajstić information content (AvgIpc) is 3.84. The van der Waals surface area contributed by atoms with Crippen LogP contribution >= 0.6 is 0 Å². The van der Waals surface area contributed by atoms with Gasteiger partial charge in [0.05, 0.1) is 13.2 Å². The molecule has 0 aromatic heterocycles. The second-order valence-electron chi connectivity index (χ2n) is 14.9. The second kappa shape index (κ2) is 16.6. The molecular formula is C44H40F3N3O10. The maximum absolute atomic E-state index is 14.9. The van der Waals surface area contributed by atoms with Gasteiger partial charge in [-0.2, -0.15) is 18.2 Å². The summed E-state index contributed by atoms with van der Waals surface area (Å²) in [7, 11) is 0. The van der Waals surface area contributed by atoms with Gasteiger partial charge in [0.2, 0.25) is 11.7 Å². The van der Waals surface area contributed by atoms with Crippen molar-refractivity contribution in [2.45, 2.75) is 61.9 Å². The number of esters is 2. The average molecular weight is 828 g/mol. The zero-order valence-corrected chi connectivity index (χ0v) is 31.9. The summed E-state index contributed by atoms with van der Waals surface area (Å²) in [4.78, 5) is 60.3. The first-order valence-electron chi connectivity index (χ1n) is 19.3. The van der Waals surface area contributed by atoms with E-state index in [0.29, 0.717) is 33.4 Å². The van der Waals surface area contributed by atoms with Crippen LogP contribution in [0.4, 0.5) is 13.2 Å². The lowest BCUT2D eigenvalue weighted by atomic mass is 9.62. The van der Waals surface area contributed by atoms with Crippen molar-refractivity contribution in [2.24, 2.45) is 5.41 Å². The van der Waals surface area contributed by atoms with Gasteiger partial charge in [-0.1, -0.05) is 97.1 Å². The number of ether oxygens (including phenoxy) is 4. The van der Waals surface area contributed by atoms with Gasteiger partial charge in [0.25, 0.3) is 5.91 Å². The van der Waals surface area contributed by atoms with E-state index in [0.717, 1.165) is 6.08 Å². The van der Waals surface area contributed by atoms with Gasteiger partial charge in [0.1, 0.15) is 29.8 Å². The third-order valence-electron chi connectivity index (χ3n) is 11.0. The van der Waals surface area contributed by atoms with Crippen molar-refractivity contribution in [1.82, 2.24) is 15.7 Å². The van der Waals surface area contributed by atoms with Crippen molar-refractivity contribution in [2.75, 3.05) is 19.8 Å². The number of nitrogens with zero attached hydrogens (tertiary/aromatic N) is 1. The minimum atomic E-state index is -4.65. The molecule has 4 aliphatic rings. The Hall–Kier alpha value is -5.91. The highest BCUT2D eigenvalue weighted by Gasteiger charge is 2.76. The fourth-order valence-corrected chi connectivity index (χ4v) is 8.41. The molecule has 0 radical (unpaired) electrons. The Morgan fingerprint density at radius 2 is 1.55 bits per heavy atom. The lowest BCUT2D eigenvalue weighted by Crippen LogP contribution is -2.69. The van der Waals surface area contributed by atoms with Crippen molar-refractivity contribution >= 4 is 29.8 Å². The summed E-state index contributed by atoms with van der Waals surface area (Å²) >= 11 is 0. The summed E-state index contributed by atoms with van der Waals surface area (Å²) < 4.78 is 61.6. The Labute approximate surface area is 342 Å². The molecule has 16 heteroatoms. The van der Waals surface area contributed by atoms with Gasteiger partial charge in [-0.3, -0.25) is 19.2 Å². The van der Waals surface area contributed by atoms with Gasteiger partial charge in [-0.25, -0.2) is 4.79 Å². The third kappa shape index (κ3) is 7.91. The molecule has 4 aromatic rings. The highest BCUT2D eigenvalue weighted by Crippen LogP contribution is 2.59. The standard InChI is InChI=1S/C44H40F3N3O10/c45-43(46,47)26-56-34(52)19-18-27-14-16-28(17-15-27)25-50-37-40(54)57-33-23-42(37,41(55)49-24-29-8-7-9-30(22-29)39(53)48-20-21-51)38(60-50)36-35(33)58-44(59-36,31-10-3-1-4-11-31)32-12-5-2-6-13-32/h1-19,22,33,35-38,51H,20-21,23-26H2,(H,48,53)(H,49,55)/t33-,35+,36+,37+,38-,42+/m1/s1. The molecule has 3 N–H and O–H groups in total. The van der Waals surface area contributed by atoms with Crippen molar-refractivity contribution < 1.29 is 61.2 Å². The van der Waals surface area contributed by atoms with Gasteiger partial charge in [0, 0.05) is 42.3 Å². The second-order valence-corrected chi connectivity index (χ2v) is 14.9. The Bertz CT molecular complexity index is 2220. The minimum Gasteiger partial charge on any atom is -0.458 e. The third-order valence-corrected chi connectivity index (χ3v) is 11.0. The van der Waals surface area contributed by atoms with Crippen molar-refractivity contribution in [3.05, 3.63) is 149 Å². The molecule has 0 spiro atoms. The molecule has 3 heterocycles. The minimum absolute atomic E-state index is 0.000659. The lowest BCUT2D eigenvalue weighted by molar-refractivity contribution is -0.213. The summed E-state index contributed by atoms with van der Waals surface area (Å²) in [5.74, 6) is -4.18. The number of aliphatic hydroxyl groups is 1. The Kier molecular flexibility index (Phi) is 11.3. The van der Waals surface area contributed by atoms with Gasteiger partial charge in [-0.05, 0) is 34.9 Å². The predicted octanol–water partition coefficient (Wildman–Crippen LogP) is 4.33. The number of nitrogens with one attached hydrogen (secondary N) is 2. The van der Waals surface area contributed by atoms with Crippen molar-refractivity contribution in [1.29, 1.82) is 0 Å². The molecule has 4 fully saturated rings. The molecule has 6 atom stereocenters. The van der Waals surface area contributed by atoms with E-state index < -0.39 is 72.3 Å². The molecule has 3 saturated heterocycles. The summed E-state index contributed by atoms with van der Waals surface area (Å²) in [6, 6.07) is 30.7. The van der Waals surface area contributed by atoms with Gasteiger partial charge < -0.3 is 34.7 Å². The van der Waals surface area contributed by atoms with Crippen LogP contribution in [0.5, 0.6) is 0 Å². The van der Waals surface area contributed by atoms with Gasteiger partial charge in [0.15, 0.2) is 12.6 Å². The number of benzene rings is 4. The first kappa shape index (κ1) is 40.9. The van der Waals surface area contributed by atoms with Crippen LogP contribution in [0.1, 0.15) is 44.6 Å². The van der Waals surface area contributed by atoms with Gasteiger partial charge in [-0.15, -0.1) is 0 Å². The van der Waals surface area contributed by atoms with E-state index in [9.17, 15) is 32.3 Å². The van der Waals surface area contributed by atoms with E-state index in [1.165, 1.54) is 11.1 Å². The van der Waals surface area contributed by atoms with E-state index in [1.807, 2.05) is 60.7 Å². The number of aliphatic hydroxyl groups excluding tert-OH is 1. The maximum Gasteiger partial charge on any atom is 0.422 e. The number of hydroxylamine groups is 2. The number of halogens is 3. The van der Waals surface area contributed by atoms with Crippen LogP contribution < -0.4 is 10.6 Å². The molecule has 3 aliphatic heterocycles. The van der Waals surface area contributed by atoms with Crippen LogP contribution in [0.3, 0.4) is 0 Å². The maximum atomic E-state index is 14.9. The molecule has 8 rings (SSSR count). The first-order chi connectivity index (χ1) is 28.9. The van der Waals surface area contributed by atoms with Crippen LogP contribution in [-0.4, -0.2) is 90.3 Å². The van der Waals surface area contributed by atoms with Crippen LogP contribution in [0.25, 0.3) is 6.08 Å². The summed E-state index contributed by atoms with van der Waals surface area (Å²) in [6.07, 6.45) is -6.12. The highest BCUT2D eigenvalue weighted by molar-refractivity contribution is 5.95. The van der Waals surface area contributed by atoms with E-state index in [1.54, 1.807) is 48.5 Å². The molecule has 1 aliphatic carbocycles. The summed E-state index contributed by atoms with van der Waals surface area (Å²) in [6.45, 7) is -1.84. The van der Waals surface area contributed by atoms with Crippen LogP contribution in [-0.2, 0) is 57.0 Å². The summed E-state index contributed by atoms with van der Waals surface area (Å²) in [5, 5.41) is 16.2. The fourth-order valence-electron chi connectivity index (χ4n) is 8.41. The first-order valence-corrected chi connectivity index (χ1v) is 19.3. The smallest absolute Gasteiger partial charge is 0.422 e. The van der Waals surface area contributed by atoms with Crippen molar-refractivity contribution in [3.63, 3.8) is 0 Å². The number of hydrogen-bond acceptors (Lipinski definition) is 11. The molecule has 312 valence electrons. The number of fused-ring (bicyclic) bond motifs is 4. The van der Waals surface area contributed by atoms with E-state index in [2.05, 4.69) is 15.4 Å². The monoisotopic (exact) mass is 827 g/mol. The van der Waals surface area contributed by atoms with Crippen LogP contribution in [0, 0.1) is 5.41 Å². The summed E-state index contributed by atoms with van der Waals surface area (Å²) in [5.41, 5.74) is 1.90. The van der Waals surface area contributed by atoms with Crippen LogP contribution in [0.15, 0.2) is 115 Å². The fraction of sp³-hybridized carbons (Fsp3) is 0.318. The number of carbonyl (C=O) groups is 4. The molecule has 0 unspecified atom stereocenters. The zero-order valence-electron chi connectivity index (χ0n) is 31.9. The van der Waals surface area contributed by atoms with Crippen molar-refractivity contribution in [3.8, 4) is 0 Å². The van der Waals surface area contributed by atoms with E-state index >= 15 is 0 Å². The molecule has 4 aromatic carbocycles. The largest absolute Gasteiger partial charge is 0.458 e. The number of alkyl halides is 3. The molecule has 2 bridgehead atoms. The van der Waals surface area contributed by atoms with E-state index in [4.69, 9.17) is 24.2 Å². The number of hydrogen-bond donors (Lipinski definition) is 3. The lowest BCUT2D eigenvalue weighted by Gasteiger charge is -2.48. The Morgan fingerprint density at radius 1 is 0.867 bits per heavy atom. The number of rotatable bonds is 13. The Morgan fingerprint density at radius 3 is 2.22 bits per heavy atom. The van der Waals surface area contributed by atoms with Crippen LogP contribution in [0.2, 0.25) is 0 Å². The number of carbonyl (C=O) groups excluding carboxylic acids is 4. The van der Waals surface area contributed by atoms with E-state index in [-0.39, 0.29) is 38.6 Å². The molecule has 13 nitrogen and oxygen atoms in total. The number of amides is 2. The molecule has 2 amide bonds. The zero-order chi connectivity index (χ0) is 42.1. The normalized spacial score (nSPS) is 25.3. The highest BCUT2D eigenvalue weighted by atomic mass is 19.4. The predicted molar refractivity (Wildman–Crippen MR) is 205 cm³/mol. The molecule has 60 heavy (non-hydrogen) atoms. The molecule has 1 saturated carbocycles. The SMILES string of the molecule is O=C(C=Cc1ccc(CN2O[C@@H]3[C@H]4OC(c5ccccc5)(c5ccccc5)O[C@H]4[C@H]4C[C@]3(C(=O)NCc3cccc(C(=O)NCCO)c3)[C@@H]2C(=O)O4)cc1)OCC(F)(F)F.